The van der Waals surface area contributed by atoms with Crippen molar-refractivity contribution in [2.45, 2.75) is 18.2 Å². The first-order chi connectivity index (χ1) is 16.0. The lowest BCUT2D eigenvalue weighted by Crippen LogP contribution is -2.44. The van der Waals surface area contributed by atoms with Crippen LogP contribution in [0.15, 0.2) is 83.9 Å². The molecule has 0 aliphatic carbocycles. The second-order valence-electron chi connectivity index (χ2n) is 7.36. The van der Waals surface area contributed by atoms with Crippen molar-refractivity contribution in [3.8, 4) is 5.75 Å². The van der Waals surface area contributed by atoms with Crippen molar-refractivity contribution in [2.24, 2.45) is 4.99 Å². The quantitative estimate of drug-likeness (QED) is 0.559. The number of ether oxygens (including phenoxy) is 1. The Labute approximate surface area is 195 Å². The maximum Gasteiger partial charge on any atom is 0.238 e. The molecule has 4 rings (SSSR count). The van der Waals surface area contributed by atoms with Gasteiger partial charge in [-0.15, -0.1) is 0 Å². The molecule has 1 aliphatic rings. The number of carbonyl (C=O) groups excluding carboxylic acids is 2. The van der Waals surface area contributed by atoms with E-state index in [1.54, 1.807) is 12.0 Å². The third kappa shape index (κ3) is 5.78. The highest BCUT2D eigenvalue weighted by Gasteiger charge is 2.36. The van der Waals surface area contributed by atoms with Gasteiger partial charge in [0.15, 0.2) is 5.17 Å². The largest absolute Gasteiger partial charge is 0.497 e. The molecule has 1 atom stereocenters. The number of nitrogens with one attached hydrogen (secondary N) is 1. The van der Waals surface area contributed by atoms with Gasteiger partial charge in [0.1, 0.15) is 16.8 Å². The standard InChI is InChI=1S/C25H22FN3O3S/c1-32-21-13-7-17(8-14-21)16-29-23(30)15-22(24(31)27-20-11-9-18(26)10-12-20)33-25(29)28-19-5-3-2-4-6-19/h2-14,22H,15-16H2,1H3,(H,27,31)/t22-/m1/s1. The first-order valence-corrected chi connectivity index (χ1v) is 11.2. The fraction of sp³-hybridized carbons (Fsp3) is 0.160. The SMILES string of the molecule is COc1ccc(CN2C(=O)C[C@H](C(=O)Nc3ccc(F)cc3)SC2=Nc2ccccc2)cc1. The number of halogens is 1. The van der Waals surface area contributed by atoms with Crippen LogP contribution in [0.1, 0.15) is 12.0 Å². The van der Waals surface area contributed by atoms with Crippen LogP contribution in [0.2, 0.25) is 0 Å². The molecule has 168 valence electrons. The number of carbonyl (C=O) groups is 2. The Balaban J connectivity index is 1.57. The van der Waals surface area contributed by atoms with Gasteiger partial charge in [0.25, 0.3) is 0 Å². The summed E-state index contributed by atoms with van der Waals surface area (Å²) in [6.45, 7) is 0.327. The number of anilines is 1. The molecule has 33 heavy (non-hydrogen) atoms. The molecule has 0 spiro atoms. The Kier molecular flexibility index (Phi) is 7.04. The summed E-state index contributed by atoms with van der Waals surface area (Å²) in [5.74, 6) is -0.182. The molecule has 2 amide bonds. The maximum atomic E-state index is 13.2. The maximum absolute atomic E-state index is 13.2. The lowest BCUT2D eigenvalue weighted by Gasteiger charge is -2.32. The van der Waals surface area contributed by atoms with E-state index >= 15 is 0 Å². The van der Waals surface area contributed by atoms with Gasteiger partial charge in [0.05, 0.1) is 19.3 Å². The third-order valence-corrected chi connectivity index (χ3v) is 6.21. The van der Waals surface area contributed by atoms with E-state index in [1.807, 2.05) is 54.6 Å². The molecular formula is C25H22FN3O3S. The highest BCUT2D eigenvalue weighted by molar-refractivity contribution is 8.15. The predicted molar refractivity (Wildman–Crippen MR) is 128 cm³/mol. The second-order valence-corrected chi connectivity index (χ2v) is 8.53. The molecule has 8 heteroatoms. The lowest BCUT2D eigenvalue weighted by atomic mass is 10.2. The number of thioether (sulfide) groups is 1. The molecule has 0 saturated carbocycles. The average Bonchev–Trinajstić information content (AvgIpc) is 2.83. The number of amidine groups is 1. The molecule has 1 heterocycles. The second kappa shape index (κ2) is 10.3. The van der Waals surface area contributed by atoms with Crippen LogP contribution in [0.4, 0.5) is 15.8 Å². The summed E-state index contributed by atoms with van der Waals surface area (Å²) in [5.41, 5.74) is 2.07. The summed E-state index contributed by atoms with van der Waals surface area (Å²) in [7, 11) is 1.60. The number of rotatable bonds is 6. The van der Waals surface area contributed by atoms with Gasteiger partial charge in [-0.3, -0.25) is 14.5 Å². The Bertz CT molecular complexity index is 1150. The van der Waals surface area contributed by atoms with Crippen molar-refractivity contribution in [1.29, 1.82) is 0 Å². The zero-order valence-corrected chi connectivity index (χ0v) is 18.7. The van der Waals surface area contributed by atoms with Gasteiger partial charge in [-0.2, -0.15) is 0 Å². The monoisotopic (exact) mass is 463 g/mol. The molecule has 0 unspecified atom stereocenters. The summed E-state index contributed by atoms with van der Waals surface area (Å²) in [6, 6.07) is 22.3. The zero-order chi connectivity index (χ0) is 23.2. The first-order valence-electron chi connectivity index (χ1n) is 10.3. The van der Waals surface area contributed by atoms with Gasteiger partial charge in [-0.05, 0) is 54.1 Å². The number of hydrogen-bond donors (Lipinski definition) is 1. The van der Waals surface area contributed by atoms with E-state index in [1.165, 1.54) is 36.0 Å². The van der Waals surface area contributed by atoms with E-state index < -0.39 is 5.25 Å². The van der Waals surface area contributed by atoms with Crippen LogP contribution in [0.25, 0.3) is 0 Å². The molecule has 0 aromatic heterocycles. The number of benzene rings is 3. The van der Waals surface area contributed by atoms with Gasteiger partial charge in [0.2, 0.25) is 11.8 Å². The van der Waals surface area contributed by atoms with Crippen LogP contribution in [0, 0.1) is 5.82 Å². The number of aliphatic imine (C=N–C) groups is 1. The van der Waals surface area contributed by atoms with Gasteiger partial charge in [-0.25, -0.2) is 9.38 Å². The molecular weight excluding hydrogens is 441 g/mol. The Hall–Kier alpha value is -3.65. The average molecular weight is 464 g/mol. The highest BCUT2D eigenvalue weighted by atomic mass is 32.2. The first kappa shape index (κ1) is 22.5. The zero-order valence-electron chi connectivity index (χ0n) is 17.9. The van der Waals surface area contributed by atoms with Gasteiger partial charge < -0.3 is 10.1 Å². The molecule has 1 aliphatic heterocycles. The topological polar surface area (TPSA) is 71.0 Å². The minimum Gasteiger partial charge on any atom is -0.497 e. The molecule has 1 saturated heterocycles. The van der Waals surface area contributed by atoms with E-state index in [0.29, 0.717) is 23.1 Å². The predicted octanol–water partition coefficient (Wildman–Crippen LogP) is 4.99. The number of methoxy groups -OCH3 is 1. The number of amides is 2. The van der Waals surface area contributed by atoms with Crippen LogP contribution < -0.4 is 10.1 Å². The van der Waals surface area contributed by atoms with E-state index in [2.05, 4.69) is 10.3 Å². The molecule has 3 aromatic rings. The fourth-order valence-corrected chi connectivity index (χ4v) is 4.38. The lowest BCUT2D eigenvalue weighted by molar-refractivity contribution is -0.129. The van der Waals surface area contributed by atoms with E-state index in [-0.39, 0.29) is 24.1 Å². The molecule has 0 bridgehead atoms. The number of para-hydroxylation sites is 1. The summed E-state index contributed by atoms with van der Waals surface area (Å²) in [4.78, 5) is 32.2. The Morgan fingerprint density at radius 1 is 1.09 bits per heavy atom. The van der Waals surface area contributed by atoms with Gasteiger partial charge in [-0.1, -0.05) is 42.1 Å². The minimum atomic E-state index is -0.655. The summed E-state index contributed by atoms with van der Waals surface area (Å²) >= 11 is 1.24. The van der Waals surface area contributed by atoms with Crippen molar-refractivity contribution >= 4 is 40.1 Å². The van der Waals surface area contributed by atoms with Crippen molar-refractivity contribution in [3.05, 3.63) is 90.2 Å². The van der Waals surface area contributed by atoms with Gasteiger partial charge >= 0.3 is 0 Å². The Morgan fingerprint density at radius 2 is 1.79 bits per heavy atom. The summed E-state index contributed by atoms with van der Waals surface area (Å²) in [6.07, 6.45) is 0.0294. The van der Waals surface area contributed by atoms with Crippen molar-refractivity contribution in [1.82, 2.24) is 4.90 Å². The molecule has 1 fully saturated rings. The molecule has 3 aromatic carbocycles. The van der Waals surface area contributed by atoms with Crippen molar-refractivity contribution < 1.29 is 18.7 Å². The van der Waals surface area contributed by atoms with Crippen LogP contribution in [-0.2, 0) is 16.1 Å². The highest BCUT2D eigenvalue weighted by Crippen LogP contribution is 2.31. The van der Waals surface area contributed by atoms with Crippen LogP contribution in [0.5, 0.6) is 5.75 Å². The number of hydrogen-bond acceptors (Lipinski definition) is 5. The normalized spacial score (nSPS) is 17.2. The molecule has 1 N–H and O–H groups in total. The number of nitrogens with zero attached hydrogens (tertiary/aromatic N) is 2. The fourth-order valence-electron chi connectivity index (χ4n) is 3.28. The summed E-state index contributed by atoms with van der Waals surface area (Å²) < 4.78 is 18.4. The van der Waals surface area contributed by atoms with E-state index in [0.717, 1.165) is 11.3 Å². The van der Waals surface area contributed by atoms with Crippen molar-refractivity contribution in [2.75, 3.05) is 12.4 Å². The van der Waals surface area contributed by atoms with Crippen LogP contribution in [-0.4, -0.2) is 34.2 Å². The van der Waals surface area contributed by atoms with Crippen LogP contribution >= 0.6 is 11.8 Å². The minimum absolute atomic E-state index is 0.0294. The molecule has 6 nitrogen and oxygen atoms in total. The van der Waals surface area contributed by atoms with Crippen molar-refractivity contribution in [3.63, 3.8) is 0 Å². The molecule has 0 radical (unpaired) electrons. The van der Waals surface area contributed by atoms with Crippen LogP contribution in [0.3, 0.4) is 0 Å². The smallest absolute Gasteiger partial charge is 0.238 e. The van der Waals surface area contributed by atoms with E-state index in [9.17, 15) is 14.0 Å². The third-order valence-electron chi connectivity index (χ3n) is 5.02. The van der Waals surface area contributed by atoms with E-state index in [4.69, 9.17) is 4.74 Å². The summed E-state index contributed by atoms with van der Waals surface area (Å²) in [5, 5.41) is 2.55. The Morgan fingerprint density at radius 3 is 2.45 bits per heavy atom. The van der Waals surface area contributed by atoms with Gasteiger partial charge in [0, 0.05) is 12.1 Å².